The summed E-state index contributed by atoms with van der Waals surface area (Å²) >= 11 is 0. The number of aromatic nitrogens is 4. The lowest BCUT2D eigenvalue weighted by molar-refractivity contribution is 0.0512. The van der Waals surface area contributed by atoms with E-state index in [0.29, 0.717) is 49.4 Å². The van der Waals surface area contributed by atoms with Gasteiger partial charge in [-0.1, -0.05) is 0 Å². The van der Waals surface area contributed by atoms with E-state index in [4.69, 9.17) is 14.5 Å². The standard InChI is InChI=1S/C26H30FN5O4/c1-5-35-24(33)21-19-12-9-17-15-29-23(16-7-10-18(27)11-8-16)30-20(17)22(19)32(31-21)14-6-13-28-25(34)36-26(2,3)4/h7-8,10-11,15H,5-6,9,12-14H2,1-4H3,(H,28,34). The number of esters is 1. The van der Waals surface area contributed by atoms with Crippen molar-refractivity contribution in [3.63, 3.8) is 0 Å². The molecule has 10 heteroatoms. The van der Waals surface area contributed by atoms with Crippen LogP contribution in [-0.4, -0.2) is 50.6 Å². The summed E-state index contributed by atoms with van der Waals surface area (Å²) < 4.78 is 25.7. The molecule has 2 aromatic heterocycles. The highest BCUT2D eigenvalue weighted by molar-refractivity contribution is 5.91. The van der Waals surface area contributed by atoms with Crippen molar-refractivity contribution in [2.45, 2.75) is 59.1 Å². The Hall–Kier alpha value is -3.82. The van der Waals surface area contributed by atoms with Gasteiger partial charge in [-0.2, -0.15) is 5.10 Å². The third kappa shape index (κ3) is 5.69. The first-order valence-electron chi connectivity index (χ1n) is 12.0. The quantitative estimate of drug-likeness (QED) is 0.384. The number of fused-ring (bicyclic) bond motifs is 3. The summed E-state index contributed by atoms with van der Waals surface area (Å²) in [6, 6.07) is 5.99. The van der Waals surface area contributed by atoms with Crippen molar-refractivity contribution in [3.05, 3.63) is 53.1 Å². The van der Waals surface area contributed by atoms with Gasteiger partial charge in [0.05, 0.1) is 18.0 Å². The number of hydrogen-bond acceptors (Lipinski definition) is 7. The summed E-state index contributed by atoms with van der Waals surface area (Å²) in [5.74, 6) is -0.356. The van der Waals surface area contributed by atoms with Gasteiger partial charge >= 0.3 is 12.1 Å². The number of nitrogens with zero attached hydrogens (tertiary/aromatic N) is 4. The molecule has 1 aliphatic carbocycles. The molecule has 1 N–H and O–H groups in total. The molecule has 1 aromatic carbocycles. The Morgan fingerprint density at radius 2 is 1.92 bits per heavy atom. The van der Waals surface area contributed by atoms with Crippen molar-refractivity contribution >= 4 is 12.1 Å². The van der Waals surface area contributed by atoms with Crippen molar-refractivity contribution in [3.8, 4) is 22.8 Å². The number of halogens is 1. The van der Waals surface area contributed by atoms with Crippen LogP contribution in [-0.2, 0) is 28.9 Å². The SMILES string of the molecule is CCOC(=O)c1nn(CCCNC(=O)OC(C)(C)C)c2c1CCc1cnc(-c3ccc(F)cc3)nc1-2. The van der Waals surface area contributed by atoms with Gasteiger partial charge in [0.25, 0.3) is 0 Å². The maximum Gasteiger partial charge on any atom is 0.407 e. The van der Waals surface area contributed by atoms with Gasteiger partial charge in [0.15, 0.2) is 11.5 Å². The van der Waals surface area contributed by atoms with Crippen LogP contribution in [0.4, 0.5) is 9.18 Å². The Labute approximate surface area is 209 Å². The Morgan fingerprint density at radius 1 is 1.17 bits per heavy atom. The van der Waals surface area contributed by atoms with Gasteiger partial charge in [-0.25, -0.2) is 23.9 Å². The van der Waals surface area contributed by atoms with Crippen LogP contribution in [0.3, 0.4) is 0 Å². The molecule has 0 saturated heterocycles. The fourth-order valence-corrected chi connectivity index (χ4v) is 4.05. The van der Waals surface area contributed by atoms with Crippen molar-refractivity contribution in [2.75, 3.05) is 13.2 Å². The number of carbonyl (C=O) groups excluding carboxylic acids is 2. The van der Waals surface area contributed by atoms with Crippen LogP contribution in [0.15, 0.2) is 30.5 Å². The summed E-state index contributed by atoms with van der Waals surface area (Å²) in [5.41, 5.74) is 3.53. The lowest BCUT2D eigenvalue weighted by Crippen LogP contribution is -2.33. The fourth-order valence-electron chi connectivity index (χ4n) is 4.05. The van der Waals surface area contributed by atoms with E-state index in [0.717, 1.165) is 16.8 Å². The molecule has 190 valence electrons. The Balaban J connectivity index is 1.63. The smallest absolute Gasteiger partial charge is 0.407 e. The number of amides is 1. The molecule has 0 unspecified atom stereocenters. The third-order valence-electron chi connectivity index (χ3n) is 5.57. The fraction of sp³-hybridized carbons (Fsp3) is 0.423. The summed E-state index contributed by atoms with van der Waals surface area (Å²) in [6.07, 6.45) is 3.10. The monoisotopic (exact) mass is 495 g/mol. The number of carbonyl (C=O) groups is 2. The highest BCUT2D eigenvalue weighted by Gasteiger charge is 2.30. The van der Waals surface area contributed by atoms with Gasteiger partial charge < -0.3 is 14.8 Å². The first kappa shape index (κ1) is 25.3. The molecule has 0 radical (unpaired) electrons. The van der Waals surface area contributed by atoms with Crippen LogP contribution in [0, 0.1) is 5.82 Å². The number of nitrogens with one attached hydrogen (secondary N) is 1. The highest BCUT2D eigenvalue weighted by atomic mass is 19.1. The minimum Gasteiger partial charge on any atom is -0.461 e. The average Bonchev–Trinajstić information content (AvgIpc) is 3.20. The summed E-state index contributed by atoms with van der Waals surface area (Å²) in [7, 11) is 0. The van der Waals surface area contributed by atoms with E-state index in [1.165, 1.54) is 12.1 Å². The van der Waals surface area contributed by atoms with Crippen molar-refractivity contribution in [1.29, 1.82) is 0 Å². The zero-order chi connectivity index (χ0) is 25.9. The molecule has 4 rings (SSSR count). The minimum atomic E-state index is -0.578. The number of hydrogen-bond donors (Lipinski definition) is 1. The predicted molar refractivity (Wildman–Crippen MR) is 131 cm³/mol. The number of alkyl carbamates (subject to hydrolysis) is 1. The number of aryl methyl sites for hydroxylation is 2. The zero-order valence-electron chi connectivity index (χ0n) is 20.9. The first-order chi connectivity index (χ1) is 17.2. The van der Waals surface area contributed by atoms with E-state index in [1.54, 1.807) is 50.7 Å². The van der Waals surface area contributed by atoms with E-state index >= 15 is 0 Å². The van der Waals surface area contributed by atoms with E-state index < -0.39 is 17.7 Å². The van der Waals surface area contributed by atoms with Crippen molar-refractivity contribution in [2.24, 2.45) is 0 Å². The van der Waals surface area contributed by atoms with Crippen LogP contribution < -0.4 is 5.32 Å². The second kappa shape index (κ2) is 10.4. The number of benzene rings is 1. The molecule has 36 heavy (non-hydrogen) atoms. The summed E-state index contributed by atoms with van der Waals surface area (Å²) in [6.45, 7) is 8.22. The second-order valence-corrected chi connectivity index (χ2v) is 9.48. The lowest BCUT2D eigenvalue weighted by atomic mass is 9.93. The van der Waals surface area contributed by atoms with Gasteiger partial charge in [0.2, 0.25) is 0 Å². The highest BCUT2D eigenvalue weighted by Crippen LogP contribution is 2.35. The van der Waals surface area contributed by atoms with Gasteiger partial charge in [-0.05, 0) is 76.8 Å². The molecule has 0 aliphatic heterocycles. The molecule has 3 aromatic rings. The zero-order valence-corrected chi connectivity index (χ0v) is 20.9. The van der Waals surface area contributed by atoms with E-state index in [-0.39, 0.29) is 18.1 Å². The first-order valence-corrected chi connectivity index (χ1v) is 12.0. The van der Waals surface area contributed by atoms with E-state index in [1.807, 2.05) is 0 Å². The largest absolute Gasteiger partial charge is 0.461 e. The van der Waals surface area contributed by atoms with E-state index in [9.17, 15) is 14.0 Å². The molecular weight excluding hydrogens is 465 g/mol. The molecular formula is C26H30FN5O4. The molecule has 1 amide bonds. The van der Waals surface area contributed by atoms with Gasteiger partial charge in [-0.15, -0.1) is 0 Å². The van der Waals surface area contributed by atoms with Gasteiger partial charge in [0, 0.05) is 30.4 Å². The Morgan fingerprint density at radius 3 is 2.61 bits per heavy atom. The third-order valence-corrected chi connectivity index (χ3v) is 5.57. The number of rotatable bonds is 7. The molecule has 2 heterocycles. The van der Waals surface area contributed by atoms with Crippen LogP contribution in [0.1, 0.15) is 55.7 Å². The van der Waals surface area contributed by atoms with Crippen LogP contribution >= 0.6 is 0 Å². The van der Waals surface area contributed by atoms with Crippen LogP contribution in [0.5, 0.6) is 0 Å². The van der Waals surface area contributed by atoms with Crippen molar-refractivity contribution < 1.29 is 23.5 Å². The maximum absolute atomic E-state index is 13.4. The van der Waals surface area contributed by atoms with Gasteiger partial charge in [0.1, 0.15) is 11.4 Å². The maximum atomic E-state index is 13.4. The minimum absolute atomic E-state index is 0.244. The number of ether oxygens (including phenoxy) is 2. The Bertz CT molecular complexity index is 1260. The molecule has 0 atom stereocenters. The van der Waals surface area contributed by atoms with Gasteiger partial charge in [-0.3, -0.25) is 4.68 Å². The molecule has 0 spiro atoms. The normalized spacial score (nSPS) is 12.5. The molecule has 9 nitrogen and oxygen atoms in total. The topological polar surface area (TPSA) is 108 Å². The van der Waals surface area contributed by atoms with E-state index in [2.05, 4.69) is 15.4 Å². The summed E-state index contributed by atoms with van der Waals surface area (Å²) in [4.78, 5) is 33.9. The average molecular weight is 496 g/mol. The lowest BCUT2D eigenvalue weighted by Gasteiger charge is -2.20. The predicted octanol–water partition coefficient (Wildman–Crippen LogP) is 4.34. The molecule has 0 fully saturated rings. The second-order valence-electron chi connectivity index (χ2n) is 9.48. The van der Waals surface area contributed by atoms with Crippen LogP contribution in [0.25, 0.3) is 22.8 Å². The molecule has 1 aliphatic rings. The van der Waals surface area contributed by atoms with Crippen molar-refractivity contribution in [1.82, 2.24) is 25.1 Å². The Kier molecular flexibility index (Phi) is 7.32. The van der Waals surface area contributed by atoms with Crippen LogP contribution in [0.2, 0.25) is 0 Å². The molecule has 0 saturated carbocycles. The summed E-state index contributed by atoms with van der Waals surface area (Å²) in [5, 5.41) is 7.33. The molecule has 0 bridgehead atoms.